The highest BCUT2D eigenvalue weighted by Crippen LogP contribution is 2.46. The summed E-state index contributed by atoms with van der Waals surface area (Å²) in [6.45, 7) is 2.42. The summed E-state index contributed by atoms with van der Waals surface area (Å²) in [6, 6.07) is 0.245. The van der Waals surface area contributed by atoms with Gasteiger partial charge in [0.1, 0.15) is 0 Å². The van der Waals surface area contributed by atoms with Gasteiger partial charge in [-0.3, -0.25) is 0 Å². The number of nitrogens with zero attached hydrogens (tertiary/aromatic N) is 2. The van der Waals surface area contributed by atoms with Gasteiger partial charge in [0.2, 0.25) is 0 Å². The van der Waals surface area contributed by atoms with Crippen molar-refractivity contribution in [3.63, 3.8) is 0 Å². The molecule has 1 saturated carbocycles. The average Bonchev–Trinajstić information content (AvgIpc) is 2.94. The van der Waals surface area contributed by atoms with Gasteiger partial charge in [0, 0.05) is 24.0 Å². The molecule has 1 aliphatic heterocycles. The van der Waals surface area contributed by atoms with Crippen molar-refractivity contribution < 1.29 is 0 Å². The number of piperidine rings is 1. The second-order valence-corrected chi connectivity index (χ2v) is 8.36. The first-order chi connectivity index (χ1) is 10.3. The molecular formula is C17H27N3S. The number of hydrogen-bond donors (Lipinski definition) is 1. The van der Waals surface area contributed by atoms with Crippen LogP contribution < -0.4 is 10.6 Å². The topological polar surface area (TPSA) is 42.1 Å². The van der Waals surface area contributed by atoms with Crippen LogP contribution in [0.5, 0.6) is 0 Å². The lowest BCUT2D eigenvalue weighted by Crippen LogP contribution is -2.41. The van der Waals surface area contributed by atoms with E-state index in [2.05, 4.69) is 4.90 Å². The number of nitrogens with two attached hydrogens (primary N) is 1. The zero-order valence-electron chi connectivity index (χ0n) is 12.9. The van der Waals surface area contributed by atoms with Crippen LogP contribution in [0.15, 0.2) is 0 Å². The maximum atomic E-state index is 6.25. The molecule has 0 bridgehead atoms. The first-order valence-corrected chi connectivity index (χ1v) is 9.58. The molecule has 3 nitrogen and oxygen atoms in total. The second kappa shape index (κ2) is 5.54. The zero-order chi connectivity index (χ0) is 14.3. The summed E-state index contributed by atoms with van der Waals surface area (Å²) in [7, 11) is 0. The number of hydrogen-bond acceptors (Lipinski definition) is 4. The summed E-state index contributed by atoms with van der Waals surface area (Å²) < 4.78 is 0. The first-order valence-electron chi connectivity index (χ1n) is 8.76. The summed E-state index contributed by atoms with van der Waals surface area (Å²) in [4.78, 5) is 8.83. The Morgan fingerprint density at radius 3 is 2.52 bits per heavy atom. The lowest BCUT2D eigenvalue weighted by Gasteiger charge is -2.44. The molecule has 1 aromatic heterocycles. The summed E-state index contributed by atoms with van der Waals surface area (Å²) in [6.07, 6.45) is 13.6. The van der Waals surface area contributed by atoms with Crippen LogP contribution in [0.1, 0.15) is 74.4 Å². The molecule has 2 aliphatic carbocycles. The van der Waals surface area contributed by atoms with Gasteiger partial charge in [0.05, 0.1) is 5.69 Å². The maximum absolute atomic E-state index is 6.25. The van der Waals surface area contributed by atoms with E-state index in [1.54, 1.807) is 0 Å². The SMILES string of the molecule is NC1CCCc2nc(N3CCC4(CCCCC4)CC3)sc21. The van der Waals surface area contributed by atoms with Gasteiger partial charge < -0.3 is 10.6 Å². The van der Waals surface area contributed by atoms with Crippen molar-refractivity contribution in [1.82, 2.24) is 4.98 Å². The second-order valence-electron chi connectivity index (χ2n) is 7.35. The molecule has 1 atom stereocenters. The van der Waals surface area contributed by atoms with Crippen molar-refractivity contribution in [3.05, 3.63) is 10.6 Å². The van der Waals surface area contributed by atoms with Crippen molar-refractivity contribution in [2.45, 2.75) is 70.3 Å². The molecule has 0 aromatic carbocycles. The van der Waals surface area contributed by atoms with Crippen LogP contribution in [0.2, 0.25) is 0 Å². The van der Waals surface area contributed by atoms with Gasteiger partial charge in [-0.15, -0.1) is 0 Å². The molecule has 2 heterocycles. The van der Waals surface area contributed by atoms with Crippen LogP contribution in [0.3, 0.4) is 0 Å². The number of aromatic nitrogens is 1. The summed E-state index contributed by atoms with van der Waals surface area (Å²) in [5, 5.41) is 1.25. The minimum atomic E-state index is 0.245. The zero-order valence-corrected chi connectivity index (χ0v) is 13.8. The quantitative estimate of drug-likeness (QED) is 0.851. The third kappa shape index (κ3) is 2.61. The van der Waals surface area contributed by atoms with Crippen molar-refractivity contribution in [2.75, 3.05) is 18.0 Å². The lowest BCUT2D eigenvalue weighted by atomic mass is 9.68. The van der Waals surface area contributed by atoms with E-state index >= 15 is 0 Å². The Morgan fingerprint density at radius 2 is 1.81 bits per heavy atom. The van der Waals surface area contributed by atoms with Crippen LogP contribution in [0, 0.1) is 5.41 Å². The van der Waals surface area contributed by atoms with Crippen LogP contribution in [0.25, 0.3) is 0 Å². The first kappa shape index (κ1) is 14.0. The Labute approximate surface area is 131 Å². The van der Waals surface area contributed by atoms with Gasteiger partial charge in [0.15, 0.2) is 5.13 Å². The van der Waals surface area contributed by atoms with E-state index < -0.39 is 0 Å². The molecule has 2 fully saturated rings. The van der Waals surface area contributed by atoms with Crippen LogP contribution in [-0.2, 0) is 6.42 Å². The van der Waals surface area contributed by atoms with E-state index in [-0.39, 0.29) is 6.04 Å². The molecule has 0 radical (unpaired) electrons. The Balaban J connectivity index is 1.46. The molecular weight excluding hydrogens is 278 g/mol. The normalized spacial score (nSPS) is 28.6. The predicted molar refractivity (Wildman–Crippen MR) is 88.9 cm³/mol. The van der Waals surface area contributed by atoms with Gasteiger partial charge >= 0.3 is 0 Å². The number of thiazole rings is 1. The van der Waals surface area contributed by atoms with Gasteiger partial charge in [0.25, 0.3) is 0 Å². The summed E-state index contributed by atoms with van der Waals surface area (Å²) in [5.41, 5.74) is 8.23. The fraction of sp³-hybridized carbons (Fsp3) is 0.824. The average molecular weight is 305 g/mol. The Kier molecular flexibility index (Phi) is 3.70. The number of aryl methyl sites for hydroxylation is 1. The molecule has 0 amide bonds. The Hall–Kier alpha value is -0.610. The standard InChI is InChI=1S/C17H27N3S/c18-13-5-4-6-14-15(13)21-16(19-14)20-11-9-17(10-12-20)7-2-1-3-8-17/h13H,1-12,18H2. The Morgan fingerprint density at radius 1 is 1.05 bits per heavy atom. The fourth-order valence-corrected chi connectivity index (χ4v) is 5.75. The highest BCUT2D eigenvalue weighted by Gasteiger charge is 2.36. The van der Waals surface area contributed by atoms with Crippen LogP contribution >= 0.6 is 11.3 Å². The van der Waals surface area contributed by atoms with E-state index in [0.717, 1.165) is 12.8 Å². The molecule has 4 rings (SSSR count). The lowest BCUT2D eigenvalue weighted by molar-refractivity contribution is 0.144. The largest absolute Gasteiger partial charge is 0.348 e. The predicted octanol–water partition coefficient (Wildman–Crippen LogP) is 4.03. The highest BCUT2D eigenvalue weighted by atomic mass is 32.1. The minimum Gasteiger partial charge on any atom is -0.348 e. The molecule has 1 saturated heterocycles. The van der Waals surface area contributed by atoms with E-state index in [0.29, 0.717) is 5.41 Å². The monoisotopic (exact) mass is 305 g/mol. The van der Waals surface area contributed by atoms with Crippen molar-refractivity contribution in [2.24, 2.45) is 11.1 Å². The van der Waals surface area contributed by atoms with Gasteiger partial charge in [-0.25, -0.2) is 4.98 Å². The highest BCUT2D eigenvalue weighted by molar-refractivity contribution is 7.15. The number of fused-ring (bicyclic) bond motifs is 1. The molecule has 21 heavy (non-hydrogen) atoms. The van der Waals surface area contributed by atoms with E-state index in [4.69, 9.17) is 10.7 Å². The van der Waals surface area contributed by atoms with E-state index in [1.165, 1.54) is 80.2 Å². The van der Waals surface area contributed by atoms with E-state index in [9.17, 15) is 0 Å². The maximum Gasteiger partial charge on any atom is 0.185 e. The van der Waals surface area contributed by atoms with Crippen molar-refractivity contribution >= 4 is 16.5 Å². The smallest absolute Gasteiger partial charge is 0.185 e. The Bertz CT molecular complexity index is 494. The van der Waals surface area contributed by atoms with Gasteiger partial charge in [-0.05, 0) is 50.4 Å². The van der Waals surface area contributed by atoms with Crippen molar-refractivity contribution in [1.29, 1.82) is 0 Å². The van der Waals surface area contributed by atoms with Crippen LogP contribution in [0.4, 0.5) is 5.13 Å². The van der Waals surface area contributed by atoms with Gasteiger partial charge in [-0.2, -0.15) is 0 Å². The molecule has 1 aromatic rings. The number of anilines is 1. The minimum absolute atomic E-state index is 0.245. The third-order valence-electron chi connectivity index (χ3n) is 5.99. The van der Waals surface area contributed by atoms with E-state index in [1.807, 2.05) is 11.3 Å². The van der Waals surface area contributed by atoms with Crippen LogP contribution in [-0.4, -0.2) is 18.1 Å². The molecule has 1 unspecified atom stereocenters. The molecule has 4 heteroatoms. The molecule has 3 aliphatic rings. The van der Waals surface area contributed by atoms with Gasteiger partial charge in [-0.1, -0.05) is 30.6 Å². The molecule has 116 valence electrons. The molecule has 2 N–H and O–H groups in total. The fourth-order valence-electron chi connectivity index (χ4n) is 4.55. The summed E-state index contributed by atoms with van der Waals surface area (Å²) in [5.74, 6) is 0. The van der Waals surface area contributed by atoms with Crippen molar-refractivity contribution in [3.8, 4) is 0 Å². The summed E-state index contributed by atoms with van der Waals surface area (Å²) >= 11 is 1.87. The third-order valence-corrected chi connectivity index (χ3v) is 7.28. The number of rotatable bonds is 1. The molecule has 1 spiro atoms.